The van der Waals surface area contributed by atoms with Crippen LogP contribution in [0.4, 0.5) is 10.1 Å². The van der Waals surface area contributed by atoms with Crippen LogP contribution in [0.15, 0.2) is 53.6 Å². The summed E-state index contributed by atoms with van der Waals surface area (Å²) >= 11 is 0. The largest absolute Gasteiger partial charge is 0.318 e. The molecule has 174 valence electrons. The molecule has 0 radical (unpaired) electrons. The van der Waals surface area contributed by atoms with E-state index >= 15 is 0 Å². The molecule has 0 aliphatic rings. The molecule has 0 aliphatic carbocycles. The van der Waals surface area contributed by atoms with Crippen LogP contribution in [0.2, 0.25) is 0 Å². The summed E-state index contributed by atoms with van der Waals surface area (Å²) in [7, 11) is -3.75. The zero-order valence-corrected chi connectivity index (χ0v) is 20.1. The van der Waals surface area contributed by atoms with E-state index in [9.17, 15) is 17.6 Å². The number of hydrogen-bond acceptors (Lipinski definition) is 4. The van der Waals surface area contributed by atoms with Crippen molar-refractivity contribution >= 4 is 27.8 Å². The number of rotatable bonds is 7. The van der Waals surface area contributed by atoms with Crippen molar-refractivity contribution < 1.29 is 17.6 Å². The fraction of sp³-hybridized carbons (Fsp3) is 0.250. The summed E-state index contributed by atoms with van der Waals surface area (Å²) < 4.78 is 40.4. The van der Waals surface area contributed by atoms with Gasteiger partial charge in [-0.15, -0.1) is 0 Å². The molecule has 33 heavy (non-hydrogen) atoms. The Kier molecular flexibility index (Phi) is 7.02. The maximum Gasteiger partial charge on any atom is 0.260 e. The van der Waals surface area contributed by atoms with Crippen molar-refractivity contribution in [3.63, 3.8) is 0 Å². The fourth-order valence-corrected chi connectivity index (χ4v) is 4.38. The molecule has 0 fully saturated rings. The van der Waals surface area contributed by atoms with Crippen molar-refractivity contribution in [3.05, 3.63) is 82.4 Å². The predicted molar refractivity (Wildman–Crippen MR) is 129 cm³/mol. The van der Waals surface area contributed by atoms with Crippen molar-refractivity contribution in [1.29, 1.82) is 0 Å². The molecule has 7 nitrogen and oxygen atoms in total. The third-order valence-electron chi connectivity index (χ3n) is 5.41. The monoisotopic (exact) mass is 470 g/mol. The molecule has 0 saturated carbocycles. The average molecular weight is 471 g/mol. The first-order chi connectivity index (χ1) is 15.5. The molecule has 0 unspecified atom stereocenters. The first-order valence-corrected chi connectivity index (χ1v) is 12.1. The predicted octanol–water partition coefficient (Wildman–Crippen LogP) is 3.77. The second-order valence-corrected chi connectivity index (χ2v) is 9.88. The van der Waals surface area contributed by atoms with Gasteiger partial charge in [-0.3, -0.25) is 9.10 Å². The van der Waals surface area contributed by atoms with E-state index in [1.807, 2.05) is 19.9 Å². The van der Waals surface area contributed by atoms with Gasteiger partial charge in [-0.2, -0.15) is 5.10 Å². The van der Waals surface area contributed by atoms with Crippen molar-refractivity contribution in [2.45, 2.75) is 27.7 Å². The van der Waals surface area contributed by atoms with Crippen molar-refractivity contribution in [1.82, 2.24) is 9.99 Å². The number of halogens is 1. The van der Waals surface area contributed by atoms with Gasteiger partial charge in [0.05, 0.1) is 18.2 Å². The lowest BCUT2D eigenvalue weighted by atomic mass is 10.1. The van der Waals surface area contributed by atoms with E-state index in [0.29, 0.717) is 0 Å². The van der Waals surface area contributed by atoms with Gasteiger partial charge in [0.25, 0.3) is 5.91 Å². The van der Waals surface area contributed by atoms with E-state index in [2.05, 4.69) is 47.1 Å². The number of carbonyl (C=O) groups excluding carboxylic acids is 1. The number of nitrogens with zero attached hydrogens (tertiary/aromatic N) is 3. The van der Waals surface area contributed by atoms with Crippen LogP contribution in [-0.2, 0) is 14.8 Å². The molecule has 2 aromatic carbocycles. The first-order valence-electron chi connectivity index (χ1n) is 10.3. The summed E-state index contributed by atoms with van der Waals surface area (Å²) in [5.74, 6) is -1.12. The third kappa shape index (κ3) is 5.67. The molecule has 0 atom stereocenters. The quantitative estimate of drug-likeness (QED) is 0.422. The van der Waals surface area contributed by atoms with E-state index in [0.717, 1.165) is 45.3 Å². The fourth-order valence-electron chi connectivity index (χ4n) is 3.53. The zero-order valence-electron chi connectivity index (χ0n) is 19.3. The Morgan fingerprint density at radius 3 is 2.33 bits per heavy atom. The number of nitrogens with one attached hydrogen (secondary N) is 1. The minimum Gasteiger partial charge on any atom is -0.318 e. The molecule has 0 spiro atoms. The highest BCUT2D eigenvalue weighted by Gasteiger charge is 2.20. The molecule has 1 heterocycles. The molecular formula is C24H27FN4O3S. The van der Waals surface area contributed by atoms with Gasteiger partial charge >= 0.3 is 0 Å². The normalized spacial score (nSPS) is 11.7. The van der Waals surface area contributed by atoms with Gasteiger partial charge in [0.2, 0.25) is 10.0 Å². The van der Waals surface area contributed by atoms with Crippen LogP contribution in [0.1, 0.15) is 28.1 Å². The molecule has 1 aromatic heterocycles. The Hall–Kier alpha value is -3.46. The number of carbonyl (C=O) groups is 1. The lowest BCUT2D eigenvalue weighted by Crippen LogP contribution is -2.39. The van der Waals surface area contributed by atoms with Gasteiger partial charge in [-0.05, 0) is 81.3 Å². The number of anilines is 1. The van der Waals surface area contributed by atoms with Crippen molar-refractivity contribution in [2.24, 2.45) is 5.10 Å². The number of aromatic nitrogens is 1. The summed E-state index contributed by atoms with van der Waals surface area (Å²) in [4.78, 5) is 12.4. The van der Waals surface area contributed by atoms with E-state index in [4.69, 9.17) is 0 Å². The first kappa shape index (κ1) is 24.2. The summed E-state index contributed by atoms with van der Waals surface area (Å²) in [6, 6.07) is 13.1. The van der Waals surface area contributed by atoms with E-state index in [1.54, 1.807) is 0 Å². The number of benzene rings is 2. The van der Waals surface area contributed by atoms with Crippen LogP contribution in [0, 0.1) is 33.5 Å². The van der Waals surface area contributed by atoms with Crippen LogP contribution in [0.3, 0.4) is 0 Å². The Labute approximate surface area is 193 Å². The minimum absolute atomic E-state index is 0.190. The van der Waals surface area contributed by atoms with E-state index < -0.39 is 28.3 Å². The number of hydrogen-bond donors (Lipinski definition) is 1. The van der Waals surface area contributed by atoms with Crippen LogP contribution in [-0.4, -0.2) is 37.9 Å². The SMILES string of the molecule is Cc1ccc(-n2c(C)cc(/C=N/NC(=O)CN(c3ccc(F)cc3)S(C)(=O)=O)c2C)cc1C. The van der Waals surface area contributed by atoms with Gasteiger partial charge in [0.1, 0.15) is 12.4 Å². The molecular weight excluding hydrogens is 443 g/mol. The maximum absolute atomic E-state index is 13.2. The zero-order chi connectivity index (χ0) is 24.3. The summed E-state index contributed by atoms with van der Waals surface area (Å²) in [6.45, 7) is 7.60. The highest BCUT2D eigenvalue weighted by Crippen LogP contribution is 2.22. The third-order valence-corrected chi connectivity index (χ3v) is 6.55. The van der Waals surface area contributed by atoms with Crippen molar-refractivity contribution in [3.8, 4) is 5.69 Å². The number of hydrazone groups is 1. The highest BCUT2D eigenvalue weighted by molar-refractivity contribution is 7.92. The lowest BCUT2D eigenvalue weighted by Gasteiger charge is -2.21. The Morgan fingerprint density at radius 2 is 1.73 bits per heavy atom. The molecule has 0 aliphatic heterocycles. The van der Waals surface area contributed by atoms with Gasteiger partial charge < -0.3 is 4.57 Å². The standard InChI is InChI=1S/C24H27FN4O3S/c1-16-6-9-23(12-17(16)2)29-18(3)13-20(19(29)4)14-26-27-24(30)15-28(33(5,31)32)22-10-7-21(25)8-11-22/h6-14H,15H2,1-5H3,(H,27,30)/b26-14+. The van der Waals surface area contributed by atoms with E-state index in [1.165, 1.54) is 29.5 Å². The second-order valence-electron chi connectivity index (χ2n) is 7.97. The molecule has 1 amide bonds. The Balaban J connectivity index is 1.75. The summed E-state index contributed by atoms with van der Waals surface area (Å²) in [5, 5.41) is 4.01. The lowest BCUT2D eigenvalue weighted by molar-refractivity contribution is -0.119. The van der Waals surface area contributed by atoms with Crippen LogP contribution in [0.5, 0.6) is 0 Å². The van der Waals surface area contributed by atoms with Gasteiger partial charge in [0.15, 0.2) is 0 Å². The van der Waals surface area contributed by atoms with Crippen LogP contribution < -0.4 is 9.73 Å². The van der Waals surface area contributed by atoms with E-state index in [-0.39, 0.29) is 5.69 Å². The molecule has 0 saturated heterocycles. The summed E-state index contributed by atoms with van der Waals surface area (Å²) in [5.41, 5.74) is 8.81. The van der Waals surface area contributed by atoms with Crippen LogP contribution in [0.25, 0.3) is 5.69 Å². The average Bonchev–Trinajstić information content (AvgIpc) is 3.01. The Morgan fingerprint density at radius 1 is 1.06 bits per heavy atom. The van der Waals surface area contributed by atoms with Crippen LogP contribution >= 0.6 is 0 Å². The molecule has 9 heteroatoms. The number of sulfonamides is 1. The Bertz CT molecular complexity index is 1310. The van der Waals surface area contributed by atoms with Gasteiger partial charge in [-0.1, -0.05) is 6.07 Å². The van der Waals surface area contributed by atoms with Crippen molar-refractivity contribution in [2.75, 3.05) is 17.1 Å². The summed E-state index contributed by atoms with van der Waals surface area (Å²) in [6.07, 6.45) is 2.51. The highest BCUT2D eigenvalue weighted by atomic mass is 32.2. The number of aryl methyl sites for hydroxylation is 3. The topological polar surface area (TPSA) is 83.8 Å². The number of amides is 1. The smallest absolute Gasteiger partial charge is 0.260 e. The molecule has 3 aromatic rings. The minimum atomic E-state index is -3.75. The van der Waals surface area contributed by atoms with Gasteiger partial charge in [-0.25, -0.2) is 18.2 Å². The molecule has 3 rings (SSSR count). The van der Waals surface area contributed by atoms with Gasteiger partial charge in [0, 0.05) is 22.6 Å². The molecule has 1 N–H and O–H groups in total. The maximum atomic E-state index is 13.2. The molecule has 0 bridgehead atoms. The second kappa shape index (κ2) is 9.58.